The van der Waals surface area contributed by atoms with Crippen LogP contribution in [-0.2, 0) is 13.6 Å². The fourth-order valence-corrected chi connectivity index (χ4v) is 1.15. The Kier molecular flexibility index (Phi) is 3.92. The highest BCUT2D eigenvalue weighted by Gasteiger charge is 2.01. The molecule has 0 unspecified atom stereocenters. The first-order valence-corrected chi connectivity index (χ1v) is 4.54. The second kappa shape index (κ2) is 4.99. The van der Waals surface area contributed by atoms with Crippen LogP contribution in [0, 0.1) is 0 Å². The minimum atomic E-state index is 0.237. The van der Waals surface area contributed by atoms with Gasteiger partial charge in [-0.15, -0.1) is 0 Å². The van der Waals surface area contributed by atoms with E-state index >= 15 is 0 Å². The quantitative estimate of drug-likeness (QED) is 0.689. The molecule has 0 spiro atoms. The maximum Gasteiger partial charge on any atom is 0.0534 e. The Morgan fingerprint density at radius 2 is 2.46 bits per heavy atom. The van der Waals surface area contributed by atoms with Crippen molar-refractivity contribution in [2.24, 2.45) is 7.05 Å². The first-order valence-electron chi connectivity index (χ1n) is 4.54. The van der Waals surface area contributed by atoms with E-state index in [1.54, 1.807) is 4.68 Å². The van der Waals surface area contributed by atoms with Crippen LogP contribution in [0.4, 0.5) is 0 Å². The molecule has 0 fully saturated rings. The summed E-state index contributed by atoms with van der Waals surface area (Å²) in [6, 6.07) is 0.352. The molecule has 74 valence electrons. The molecule has 4 heteroatoms. The van der Waals surface area contributed by atoms with Crippen molar-refractivity contribution in [1.29, 1.82) is 0 Å². The van der Waals surface area contributed by atoms with Crippen molar-refractivity contribution < 1.29 is 5.11 Å². The van der Waals surface area contributed by atoms with Crippen molar-refractivity contribution >= 4 is 0 Å². The van der Waals surface area contributed by atoms with Crippen LogP contribution in [0.25, 0.3) is 0 Å². The molecule has 0 aliphatic rings. The molecule has 1 aromatic rings. The van der Waals surface area contributed by atoms with E-state index in [1.807, 2.05) is 19.4 Å². The fraction of sp³-hybridized carbons (Fsp3) is 0.667. The summed E-state index contributed by atoms with van der Waals surface area (Å²) in [6.07, 6.45) is 4.62. The molecule has 0 aromatic carbocycles. The zero-order valence-electron chi connectivity index (χ0n) is 8.20. The van der Waals surface area contributed by atoms with E-state index < -0.39 is 0 Å². The average Bonchev–Trinajstić information content (AvgIpc) is 2.49. The van der Waals surface area contributed by atoms with Gasteiger partial charge in [-0.1, -0.05) is 0 Å². The Hall–Kier alpha value is -0.870. The molecular formula is C9H17N3O. The summed E-state index contributed by atoms with van der Waals surface area (Å²) in [6.45, 7) is 3.11. The fourth-order valence-electron chi connectivity index (χ4n) is 1.15. The molecule has 1 heterocycles. The van der Waals surface area contributed by atoms with Crippen LogP contribution in [0.5, 0.6) is 0 Å². The number of aromatic nitrogens is 2. The summed E-state index contributed by atoms with van der Waals surface area (Å²) >= 11 is 0. The lowest BCUT2D eigenvalue weighted by atomic mass is 10.2. The topological polar surface area (TPSA) is 50.1 Å². The molecule has 1 atom stereocenters. The predicted molar refractivity (Wildman–Crippen MR) is 51.2 cm³/mol. The van der Waals surface area contributed by atoms with E-state index in [-0.39, 0.29) is 6.61 Å². The number of rotatable bonds is 5. The van der Waals surface area contributed by atoms with E-state index in [4.69, 9.17) is 5.11 Å². The Morgan fingerprint density at radius 1 is 1.69 bits per heavy atom. The van der Waals surface area contributed by atoms with Gasteiger partial charge in [0, 0.05) is 38.0 Å². The molecule has 0 radical (unpaired) electrons. The molecule has 0 aliphatic carbocycles. The lowest BCUT2D eigenvalue weighted by molar-refractivity contribution is 0.268. The van der Waals surface area contributed by atoms with E-state index in [1.165, 1.54) is 5.56 Å². The van der Waals surface area contributed by atoms with Crippen molar-refractivity contribution in [3.05, 3.63) is 18.0 Å². The van der Waals surface area contributed by atoms with Gasteiger partial charge in [-0.25, -0.2) is 0 Å². The van der Waals surface area contributed by atoms with Crippen LogP contribution >= 0.6 is 0 Å². The van der Waals surface area contributed by atoms with Gasteiger partial charge in [-0.05, 0) is 13.3 Å². The standard InChI is InChI=1S/C9H17N3O/c1-8(3-4-13)10-5-9-6-11-12(2)7-9/h6-8,10,13H,3-5H2,1-2H3/t8-/m1/s1. The molecule has 1 aromatic heterocycles. The van der Waals surface area contributed by atoms with Crippen LogP contribution in [0.2, 0.25) is 0 Å². The van der Waals surface area contributed by atoms with Crippen molar-refractivity contribution in [2.45, 2.75) is 25.9 Å². The molecule has 13 heavy (non-hydrogen) atoms. The average molecular weight is 183 g/mol. The molecule has 2 N–H and O–H groups in total. The van der Waals surface area contributed by atoms with E-state index in [9.17, 15) is 0 Å². The molecule has 0 amide bonds. The van der Waals surface area contributed by atoms with Crippen molar-refractivity contribution in [3.63, 3.8) is 0 Å². The number of hydrogen-bond acceptors (Lipinski definition) is 3. The SMILES string of the molecule is C[C@H](CCO)NCc1cnn(C)c1. The molecule has 1 rings (SSSR count). The highest BCUT2D eigenvalue weighted by atomic mass is 16.3. The minimum absolute atomic E-state index is 0.237. The zero-order valence-corrected chi connectivity index (χ0v) is 8.20. The minimum Gasteiger partial charge on any atom is -0.396 e. The van der Waals surface area contributed by atoms with Crippen LogP contribution in [0.15, 0.2) is 12.4 Å². The van der Waals surface area contributed by atoms with E-state index in [0.29, 0.717) is 6.04 Å². The molecule has 0 bridgehead atoms. The molecular weight excluding hydrogens is 166 g/mol. The summed E-state index contributed by atoms with van der Waals surface area (Å²) in [7, 11) is 1.90. The maximum absolute atomic E-state index is 8.68. The number of aryl methyl sites for hydroxylation is 1. The van der Waals surface area contributed by atoms with Crippen LogP contribution in [0.3, 0.4) is 0 Å². The highest BCUT2D eigenvalue weighted by molar-refractivity contribution is 5.02. The van der Waals surface area contributed by atoms with Crippen molar-refractivity contribution in [2.75, 3.05) is 6.61 Å². The predicted octanol–water partition coefficient (Wildman–Crippen LogP) is 0.281. The summed E-state index contributed by atoms with van der Waals surface area (Å²) in [5.41, 5.74) is 1.17. The van der Waals surface area contributed by atoms with Crippen LogP contribution in [0.1, 0.15) is 18.9 Å². The smallest absolute Gasteiger partial charge is 0.0534 e. The number of aliphatic hydroxyl groups excluding tert-OH is 1. The summed E-state index contributed by atoms with van der Waals surface area (Å²) < 4.78 is 1.79. The summed E-state index contributed by atoms with van der Waals surface area (Å²) in [4.78, 5) is 0. The van der Waals surface area contributed by atoms with Crippen LogP contribution in [-0.4, -0.2) is 27.5 Å². The first kappa shape index (κ1) is 10.2. The lowest BCUT2D eigenvalue weighted by Gasteiger charge is -2.10. The van der Waals surface area contributed by atoms with Crippen molar-refractivity contribution in [3.8, 4) is 0 Å². The second-order valence-corrected chi connectivity index (χ2v) is 3.32. The zero-order chi connectivity index (χ0) is 9.68. The highest BCUT2D eigenvalue weighted by Crippen LogP contribution is 1.97. The summed E-state index contributed by atoms with van der Waals surface area (Å²) in [5.74, 6) is 0. The van der Waals surface area contributed by atoms with Gasteiger partial charge in [0.25, 0.3) is 0 Å². The van der Waals surface area contributed by atoms with Gasteiger partial charge < -0.3 is 10.4 Å². The molecule has 0 saturated carbocycles. The molecule has 0 saturated heterocycles. The van der Waals surface area contributed by atoms with Crippen molar-refractivity contribution in [1.82, 2.24) is 15.1 Å². The van der Waals surface area contributed by atoms with Gasteiger partial charge in [0.1, 0.15) is 0 Å². The van der Waals surface area contributed by atoms with Gasteiger partial charge in [-0.2, -0.15) is 5.10 Å². The monoisotopic (exact) mass is 183 g/mol. The molecule has 4 nitrogen and oxygen atoms in total. The third-order valence-electron chi connectivity index (χ3n) is 1.98. The van der Waals surface area contributed by atoms with E-state index in [2.05, 4.69) is 17.3 Å². The second-order valence-electron chi connectivity index (χ2n) is 3.32. The Labute approximate surface area is 78.6 Å². The van der Waals surface area contributed by atoms with Crippen LogP contribution < -0.4 is 5.32 Å². The Balaban J connectivity index is 2.26. The van der Waals surface area contributed by atoms with E-state index in [0.717, 1.165) is 13.0 Å². The largest absolute Gasteiger partial charge is 0.396 e. The number of nitrogens with zero attached hydrogens (tertiary/aromatic N) is 2. The normalized spacial score (nSPS) is 13.2. The van der Waals surface area contributed by atoms with Gasteiger partial charge >= 0.3 is 0 Å². The van der Waals surface area contributed by atoms with Gasteiger partial charge in [0.05, 0.1) is 6.20 Å². The summed E-state index contributed by atoms with van der Waals surface area (Å²) in [5, 5.41) is 16.0. The third kappa shape index (κ3) is 3.57. The van der Waals surface area contributed by atoms with Gasteiger partial charge in [0.2, 0.25) is 0 Å². The maximum atomic E-state index is 8.68. The van der Waals surface area contributed by atoms with Gasteiger partial charge in [-0.3, -0.25) is 4.68 Å². The molecule has 0 aliphatic heterocycles. The first-order chi connectivity index (χ1) is 6.22. The lowest BCUT2D eigenvalue weighted by Crippen LogP contribution is -2.26. The third-order valence-corrected chi connectivity index (χ3v) is 1.98. The number of nitrogens with one attached hydrogen (secondary N) is 1. The Morgan fingerprint density at radius 3 is 3.00 bits per heavy atom. The Bertz CT molecular complexity index is 247. The number of aliphatic hydroxyl groups is 1. The number of hydrogen-bond donors (Lipinski definition) is 2. The van der Waals surface area contributed by atoms with Gasteiger partial charge in [0.15, 0.2) is 0 Å².